The zero-order valence-electron chi connectivity index (χ0n) is 10.9. The van der Waals surface area contributed by atoms with E-state index in [1.807, 2.05) is 5.38 Å². The van der Waals surface area contributed by atoms with Crippen molar-refractivity contribution in [2.75, 3.05) is 11.9 Å². The standard InChI is InChI=1S/C14H13ClN2O3S/c15-10-3-1-2-4-11(10)17-14(20)13(19)16-7-12(18)9-5-6-21-8-9/h1-6,8,12,18H,7H2,(H,16,19)(H,17,20). The highest BCUT2D eigenvalue weighted by Crippen LogP contribution is 2.20. The van der Waals surface area contributed by atoms with Gasteiger partial charge in [0.2, 0.25) is 0 Å². The number of aliphatic hydroxyl groups excluding tert-OH is 1. The summed E-state index contributed by atoms with van der Waals surface area (Å²) >= 11 is 7.33. The predicted octanol–water partition coefficient (Wildman–Crippen LogP) is 2.19. The largest absolute Gasteiger partial charge is 0.387 e. The molecule has 2 amide bonds. The average Bonchev–Trinajstić information content (AvgIpc) is 3.01. The number of thiophene rings is 1. The van der Waals surface area contributed by atoms with E-state index < -0.39 is 17.9 Å². The van der Waals surface area contributed by atoms with Gasteiger partial charge in [0, 0.05) is 6.54 Å². The highest BCUT2D eigenvalue weighted by Gasteiger charge is 2.16. The number of benzene rings is 1. The molecule has 0 saturated carbocycles. The first-order valence-electron chi connectivity index (χ1n) is 6.12. The molecule has 1 unspecified atom stereocenters. The van der Waals surface area contributed by atoms with Crippen molar-refractivity contribution in [3.63, 3.8) is 0 Å². The first-order valence-corrected chi connectivity index (χ1v) is 7.44. The lowest BCUT2D eigenvalue weighted by Crippen LogP contribution is -2.37. The molecular weight excluding hydrogens is 312 g/mol. The fourth-order valence-corrected chi connectivity index (χ4v) is 2.48. The van der Waals surface area contributed by atoms with Crippen molar-refractivity contribution in [1.82, 2.24) is 5.32 Å². The molecule has 0 fully saturated rings. The quantitative estimate of drug-likeness (QED) is 0.754. The molecule has 2 aromatic rings. The molecule has 7 heteroatoms. The van der Waals surface area contributed by atoms with Crippen LogP contribution in [0.1, 0.15) is 11.7 Å². The third-order valence-corrected chi connectivity index (χ3v) is 3.74. The molecule has 21 heavy (non-hydrogen) atoms. The summed E-state index contributed by atoms with van der Waals surface area (Å²) in [7, 11) is 0. The van der Waals surface area contributed by atoms with Crippen molar-refractivity contribution in [2.24, 2.45) is 0 Å². The molecule has 3 N–H and O–H groups in total. The molecule has 1 aromatic heterocycles. The molecule has 1 aromatic carbocycles. The number of nitrogens with one attached hydrogen (secondary N) is 2. The molecule has 110 valence electrons. The van der Waals surface area contributed by atoms with Crippen LogP contribution in [0, 0.1) is 0 Å². The Hall–Kier alpha value is -1.89. The number of hydrogen-bond donors (Lipinski definition) is 3. The number of carbonyl (C=O) groups is 2. The van der Waals surface area contributed by atoms with Crippen molar-refractivity contribution in [3.8, 4) is 0 Å². The molecule has 0 aliphatic heterocycles. The predicted molar refractivity (Wildman–Crippen MR) is 82.4 cm³/mol. The summed E-state index contributed by atoms with van der Waals surface area (Å²) in [4.78, 5) is 23.4. The lowest BCUT2D eigenvalue weighted by atomic mass is 10.2. The molecule has 2 rings (SSSR count). The van der Waals surface area contributed by atoms with Crippen molar-refractivity contribution in [3.05, 3.63) is 51.7 Å². The van der Waals surface area contributed by atoms with E-state index in [-0.39, 0.29) is 6.54 Å². The van der Waals surface area contributed by atoms with Crippen LogP contribution >= 0.6 is 22.9 Å². The smallest absolute Gasteiger partial charge is 0.313 e. The summed E-state index contributed by atoms with van der Waals surface area (Å²) in [5, 5.41) is 18.5. The maximum atomic E-state index is 11.7. The monoisotopic (exact) mass is 324 g/mol. The van der Waals surface area contributed by atoms with Gasteiger partial charge in [-0.1, -0.05) is 23.7 Å². The summed E-state index contributed by atoms with van der Waals surface area (Å²) in [5.41, 5.74) is 1.06. The lowest BCUT2D eigenvalue weighted by Gasteiger charge is -2.11. The van der Waals surface area contributed by atoms with Gasteiger partial charge in [0.15, 0.2) is 0 Å². The molecular formula is C14H13ClN2O3S. The normalized spacial score (nSPS) is 11.7. The number of rotatable bonds is 4. The highest BCUT2D eigenvalue weighted by atomic mass is 35.5. The first-order chi connectivity index (χ1) is 10.1. The summed E-state index contributed by atoms with van der Waals surface area (Å²) < 4.78 is 0. The molecule has 0 saturated heterocycles. The summed E-state index contributed by atoms with van der Waals surface area (Å²) in [6, 6.07) is 8.36. The number of carbonyl (C=O) groups excluding carboxylic acids is 2. The summed E-state index contributed by atoms with van der Waals surface area (Å²) in [5.74, 6) is -1.66. The Morgan fingerprint density at radius 1 is 1.24 bits per heavy atom. The van der Waals surface area contributed by atoms with Gasteiger partial charge < -0.3 is 15.7 Å². The maximum absolute atomic E-state index is 11.7. The second-order valence-corrected chi connectivity index (χ2v) is 5.40. The van der Waals surface area contributed by atoms with Crippen LogP contribution in [0.2, 0.25) is 5.02 Å². The van der Waals surface area contributed by atoms with Crippen LogP contribution in [0.4, 0.5) is 5.69 Å². The van der Waals surface area contributed by atoms with Crippen LogP contribution in [-0.2, 0) is 9.59 Å². The Morgan fingerprint density at radius 3 is 2.67 bits per heavy atom. The zero-order chi connectivity index (χ0) is 15.2. The van der Waals surface area contributed by atoms with Gasteiger partial charge in [0.25, 0.3) is 0 Å². The molecule has 1 atom stereocenters. The van der Waals surface area contributed by atoms with Crippen molar-refractivity contribution in [2.45, 2.75) is 6.10 Å². The van der Waals surface area contributed by atoms with Crippen LogP contribution in [0.3, 0.4) is 0 Å². The average molecular weight is 325 g/mol. The van der Waals surface area contributed by atoms with E-state index >= 15 is 0 Å². The molecule has 1 heterocycles. The number of aliphatic hydroxyl groups is 1. The fourth-order valence-electron chi connectivity index (χ4n) is 1.59. The molecule has 0 aliphatic rings. The molecule has 0 spiro atoms. The van der Waals surface area contributed by atoms with Crippen molar-refractivity contribution >= 4 is 40.4 Å². The minimum absolute atomic E-state index is 0.0362. The van der Waals surface area contributed by atoms with E-state index in [4.69, 9.17) is 11.6 Å². The minimum atomic E-state index is -0.840. The molecule has 5 nitrogen and oxygen atoms in total. The SMILES string of the molecule is O=C(NCC(O)c1ccsc1)C(=O)Nc1ccccc1Cl. The van der Waals surface area contributed by atoms with Gasteiger partial charge >= 0.3 is 11.8 Å². The van der Waals surface area contributed by atoms with Gasteiger partial charge in [-0.25, -0.2) is 0 Å². The molecule has 0 bridgehead atoms. The van der Waals surface area contributed by atoms with E-state index in [0.717, 1.165) is 0 Å². The van der Waals surface area contributed by atoms with Crippen LogP contribution < -0.4 is 10.6 Å². The van der Waals surface area contributed by atoms with E-state index in [1.54, 1.807) is 35.7 Å². The van der Waals surface area contributed by atoms with Crippen molar-refractivity contribution in [1.29, 1.82) is 0 Å². The van der Waals surface area contributed by atoms with E-state index in [9.17, 15) is 14.7 Å². The second kappa shape index (κ2) is 7.21. The number of hydrogen-bond acceptors (Lipinski definition) is 4. The summed E-state index contributed by atoms with van der Waals surface area (Å²) in [6.07, 6.45) is -0.840. The number of halogens is 1. The Labute approximate surface area is 130 Å². The lowest BCUT2D eigenvalue weighted by molar-refractivity contribution is -0.136. The van der Waals surface area contributed by atoms with Gasteiger partial charge in [-0.3, -0.25) is 9.59 Å². The topological polar surface area (TPSA) is 78.4 Å². The van der Waals surface area contributed by atoms with Crippen LogP contribution in [0.5, 0.6) is 0 Å². The number of para-hydroxylation sites is 1. The number of amides is 2. The maximum Gasteiger partial charge on any atom is 0.313 e. The minimum Gasteiger partial charge on any atom is -0.387 e. The molecule has 0 radical (unpaired) electrons. The van der Waals surface area contributed by atoms with Crippen molar-refractivity contribution < 1.29 is 14.7 Å². The molecule has 0 aliphatic carbocycles. The summed E-state index contributed by atoms with van der Waals surface area (Å²) in [6.45, 7) is -0.0362. The van der Waals surface area contributed by atoms with Crippen LogP contribution in [-0.4, -0.2) is 23.5 Å². The van der Waals surface area contributed by atoms with Gasteiger partial charge in [-0.15, -0.1) is 0 Å². The Balaban J connectivity index is 1.86. The van der Waals surface area contributed by atoms with Crippen LogP contribution in [0.25, 0.3) is 0 Å². The van der Waals surface area contributed by atoms with Gasteiger partial charge in [0.1, 0.15) is 0 Å². The second-order valence-electron chi connectivity index (χ2n) is 4.22. The third kappa shape index (κ3) is 4.29. The Kier molecular flexibility index (Phi) is 5.32. The zero-order valence-corrected chi connectivity index (χ0v) is 12.4. The van der Waals surface area contributed by atoms with E-state index in [0.29, 0.717) is 16.3 Å². The van der Waals surface area contributed by atoms with Gasteiger partial charge in [-0.05, 0) is 34.5 Å². The Bertz CT molecular complexity index is 631. The third-order valence-electron chi connectivity index (χ3n) is 2.71. The highest BCUT2D eigenvalue weighted by molar-refractivity contribution is 7.07. The van der Waals surface area contributed by atoms with E-state index in [1.165, 1.54) is 11.3 Å². The van der Waals surface area contributed by atoms with Crippen LogP contribution in [0.15, 0.2) is 41.1 Å². The van der Waals surface area contributed by atoms with Gasteiger partial charge in [-0.2, -0.15) is 11.3 Å². The van der Waals surface area contributed by atoms with E-state index in [2.05, 4.69) is 10.6 Å². The number of anilines is 1. The fraction of sp³-hybridized carbons (Fsp3) is 0.143. The Morgan fingerprint density at radius 2 is 2.00 bits per heavy atom. The first kappa shape index (κ1) is 15.5. The van der Waals surface area contributed by atoms with Gasteiger partial charge in [0.05, 0.1) is 16.8 Å².